The maximum absolute atomic E-state index is 12.2. The second-order valence-electron chi connectivity index (χ2n) is 4.84. The van der Waals surface area contributed by atoms with Gasteiger partial charge in [0.15, 0.2) is 0 Å². The third-order valence-corrected chi connectivity index (χ3v) is 17.0. The summed E-state index contributed by atoms with van der Waals surface area (Å²) in [6, 6.07) is 0. The van der Waals surface area contributed by atoms with Gasteiger partial charge in [-0.25, -0.2) is 0 Å². The van der Waals surface area contributed by atoms with Crippen LogP contribution in [0.5, 0.6) is 0 Å². The van der Waals surface area contributed by atoms with Gasteiger partial charge in [0.2, 0.25) is 0 Å². The van der Waals surface area contributed by atoms with E-state index >= 15 is 0 Å². The first-order valence-electron chi connectivity index (χ1n) is 7.94. The van der Waals surface area contributed by atoms with Crippen molar-refractivity contribution in [2.45, 2.75) is 62.3 Å². The Morgan fingerprint density at radius 1 is 0.909 bits per heavy atom. The van der Waals surface area contributed by atoms with Crippen molar-refractivity contribution in [1.82, 2.24) is 0 Å². The van der Waals surface area contributed by atoms with Crippen LogP contribution >= 0.6 is 15.6 Å². The molecule has 0 aliphatic carbocycles. The summed E-state index contributed by atoms with van der Waals surface area (Å²) >= 11 is -2.65. The second kappa shape index (κ2) is 12.4. The van der Waals surface area contributed by atoms with E-state index in [4.69, 9.17) is 16.2 Å². The van der Waals surface area contributed by atoms with Gasteiger partial charge < -0.3 is 0 Å². The quantitative estimate of drug-likeness (QED) is 0.295. The first kappa shape index (κ1) is 23.1. The standard InChI is InChI=1S/C4H12O7P2.2C4H9.Sn.H/c1-3-9-13(8,10-4-2)11-12(5,6)7;2*1-3-4-2;;/h3-4H2,1-2H3,(H2,5,6,7);2*1,3-4H2,2H3;;/q;;;+1;/p-1. The van der Waals surface area contributed by atoms with Gasteiger partial charge >= 0.3 is 142 Å². The fourth-order valence-corrected chi connectivity index (χ4v) is 16.5. The predicted molar refractivity (Wildman–Crippen MR) is 89.4 cm³/mol. The van der Waals surface area contributed by atoms with Crippen LogP contribution in [0.1, 0.15) is 53.4 Å². The van der Waals surface area contributed by atoms with Gasteiger partial charge in [-0.2, -0.15) is 0 Å². The predicted octanol–water partition coefficient (Wildman–Crippen LogP) is 4.63. The molecule has 0 aliphatic heterocycles. The summed E-state index contributed by atoms with van der Waals surface area (Å²) in [6.07, 6.45) is 3.96. The molecule has 1 unspecified atom stereocenters. The number of rotatable bonds is 14. The van der Waals surface area contributed by atoms with Crippen LogP contribution in [-0.4, -0.2) is 38.3 Å². The molecule has 7 nitrogen and oxygen atoms in total. The molecule has 0 saturated heterocycles. The van der Waals surface area contributed by atoms with Crippen LogP contribution in [0.4, 0.5) is 0 Å². The molecular formula is C12H30O7P2Sn. The van der Waals surface area contributed by atoms with Crippen molar-refractivity contribution in [2.75, 3.05) is 13.2 Å². The third kappa shape index (κ3) is 10.8. The van der Waals surface area contributed by atoms with Gasteiger partial charge in [-0.1, -0.05) is 0 Å². The molecule has 0 saturated carbocycles. The van der Waals surface area contributed by atoms with Crippen LogP contribution in [0.2, 0.25) is 8.87 Å². The van der Waals surface area contributed by atoms with Crippen LogP contribution in [0.15, 0.2) is 0 Å². The summed E-state index contributed by atoms with van der Waals surface area (Å²) in [4.78, 5) is 9.90. The van der Waals surface area contributed by atoms with Gasteiger partial charge in [0.05, 0.1) is 0 Å². The van der Waals surface area contributed by atoms with E-state index in [0.29, 0.717) is 0 Å². The monoisotopic (exact) mass is 468 g/mol. The van der Waals surface area contributed by atoms with E-state index in [1.54, 1.807) is 13.8 Å². The zero-order valence-corrected chi connectivity index (χ0v) is 19.1. The van der Waals surface area contributed by atoms with Crippen LogP contribution in [-0.2, 0) is 25.3 Å². The van der Waals surface area contributed by atoms with Gasteiger partial charge in [-0.15, -0.1) is 0 Å². The molecule has 0 aliphatic rings. The fraction of sp³-hybridized carbons (Fsp3) is 1.00. The summed E-state index contributed by atoms with van der Waals surface area (Å²) in [5.74, 6) is 0. The van der Waals surface area contributed by atoms with Crippen molar-refractivity contribution in [1.29, 1.82) is 0 Å². The summed E-state index contributed by atoms with van der Waals surface area (Å²) in [5, 5.41) is 0. The van der Waals surface area contributed by atoms with E-state index in [2.05, 4.69) is 13.8 Å². The summed E-state index contributed by atoms with van der Waals surface area (Å²) in [7, 11) is -8.48. The Labute approximate surface area is 141 Å². The molecule has 10 heteroatoms. The molecule has 134 valence electrons. The van der Waals surface area contributed by atoms with Gasteiger partial charge in [0.25, 0.3) is 0 Å². The van der Waals surface area contributed by atoms with Crippen LogP contribution in [0.25, 0.3) is 0 Å². The van der Waals surface area contributed by atoms with E-state index < -0.39 is 35.8 Å². The van der Waals surface area contributed by atoms with Crippen LogP contribution in [0, 0.1) is 0 Å². The molecular weight excluding hydrogens is 437 g/mol. The number of phosphoric acid groups is 2. The summed E-state index contributed by atoms with van der Waals surface area (Å²) in [5.41, 5.74) is 0. The van der Waals surface area contributed by atoms with Crippen molar-refractivity contribution in [3.63, 3.8) is 0 Å². The van der Waals surface area contributed by atoms with E-state index in [0.717, 1.165) is 34.6 Å². The molecule has 22 heavy (non-hydrogen) atoms. The van der Waals surface area contributed by atoms with Crippen molar-refractivity contribution >= 4 is 35.8 Å². The average molecular weight is 467 g/mol. The number of hydrogen-bond acceptors (Lipinski definition) is 6. The maximum atomic E-state index is 12.2. The second-order valence-corrected chi connectivity index (χ2v) is 16.7. The Morgan fingerprint density at radius 3 is 1.73 bits per heavy atom. The minimum atomic E-state index is -4.43. The Hall–Kier alpha value is 1.06. The molecule has 0 aromatic heterocycles. The van der Waals surface area contributed by atoms with E-state index in [1.165, 1.54) is 0 Å². The van der Waals surface area contributed by atoms with Crippen molar-refractivity contribution in [3.05, 3.63) is 0 Å². The molecule has 0 bridgehead atoms. The molecule has 0 aromatic rings. The number of unbranched alkanes of at least 4 members (excludes halogenated alkanes) is 2. The fourth-order valence-electron chi connectivity index (χ4n) is 1.85. The Morgan fingerprint density at radius 2 is 1.36 bits per heavy atom. The Kier molecular flexibility index (Phi) is 13.0. The first-order chi connectivity index (χ1) is 10.3. The van der Waals surface area contributed by atoms with Crippen LogP contribution < -0.4 is 0 Å². The van der Waals surface area contributed by atoms with Crippen molar-refractivity contribution < 1.29 is 30.2 Å². The number of phosphoric ester groups is 1. The van der Waals surface area contributed by atoms with Gasteiger partial charge in [0.1, 0.15) is 0 Å². The Bertz CT molecular complexity index is 362. The third-order valence-electron chi connectivity index (χ3n) is 2.82. The molecule has 0 heterocycles. The Balaban J connectivity index is 4.78. The van der Waals surface area contributed by atoms with E-state index in [1.807, 2.05) is 0 Å². The zero-order chi connectivity index (χ0) is 17.1. The van der Waals surface area contributed by atoms with Crippen molar-refractivity contribution in [3.8, 4) is 0 Å². The molecule has 0 aromatic carbocycles. The van der Waals surface area contributed by atoms with Gasteiger partial charge in [-0.3, -0.25) is 0 Å². The molecule has 1 N–H and O–H groups in total. The first-order valence-corrected chi connectivity index (χ1v) is 16.9. The molecule has 0 fully saturated rings. The normalized spacial score (nSPS) is 15.2. The summed E-state index contributed by atoms with van der Waals surface area (Å²) in [6.45, 7) is 7.43. The van der Waals surface area contributed by atoms with Gasteiger partial charge in [-0.05, 0) is 0 Å². The van der Waals surface area contributed by atoms with Crippen LogP contribution in [0.3, 0.4) is 0 Å². The van der Waals surface area contributed by atoms with E-state index in [-0.39, 0.29) is 13.2 Å². The van der Waals surface area contributed by atoms with Crippen molar-refractivity contribution in [2.24, 2.45) is 0 Å². The molecule has 0 radical (unpaired) electrons. The number of hydrogen-bond donors (Lipinski definition) is 1. The molecule has 1 atom stereocenters. The molecule has 0 spiro atoms. The average Bonchev–Trinajstić information content (AvgIpc) is 2.41. The topological polar surface area (TPSA) is 91.3 Å². The molecule has 0 amide bonds. The SMILES string of the molecule is CCC[CH2][SnH]([CH2]CCC)[O]P(=O)(O)OP(=O)(OCC)OCC. The zero-order valence-electron chi connectivity index (χ0n) is 14.0. The summed E-state index contributed by atoms with van der Waals surface area (Å²) < 4.78 is 45.9. The molecule has 0 rings (SSSR count). The minimum absolute atomic E-state index is 0.0512. The van der Waals surface area contributed by atoms with Gasteiger partial charge in [0, 0.05) is 0 Å². The van der Waals surface area contributed by atoms with E-state index in [9.17, 15) is 14.0 Å².